The molecule has 0 radical (unpaired) electrons. The number of aryl methyl sites for hydroxylation is 3. The highest BCUT2D eigenvalue weighted by atomic mass is 16.5. The van der Waals surface area contributed by atoms with Crippen LogP contribution in [0.5, 0.6) is 5.75 Å². The Morgan fingerprint density at radius 1 is 1.24 bits per heavy atom. The number of hydrogen-bond donors (Lipinski definition) is 1. The molecule has 21 heavy (non-hydrogen) atoms. The Morgan fingerprint density at radius 3 is 2.86 bits per heavy atom. The summed E-state index contributed by atoms with van der Waals surface area (Å²) in [6.45, 7) is 2.74. The van der Waals surface area contributed by atoms with E-state index in [1.807, 2.05) is 35.8 Å². The van der Waals surface area contributed by atoms with Crippen LogP contribution in [0.4, 0.5) is 5.95 Å². The summed E-state index contributed by atoms with van der Waals surface area (Å²) in [6.07, 6.45) is 2.60. The fourth-order valence-corrected chi connectivity index (χ4v) is 2.52. The molecule has 0 atom stereocenters. The number of pyridine rings is 1. The van der Waals surface area contributed by atoms with Gasteiger partial charge in [0.1, 0.15) is 11.3 Å². The zero-order chi connectivity index (χ0) is 14.8. The molecule has 2 heterocycles. The fraction of sp³-hybridized carbons (Fsp3) is 0.250. The number of para-hydroxylation sites is 1. The third kappa shape index (κ3) is 2.42. The van der Waals surface area contributed by atoms with Gasteiger partial charge in [-0.05, 0) is 36.6 Å². The van der Waals surface area contributed by atoms with Crippen molar-refractivity contribution in [2.24, 2.45) is 0 Å². The summed E-state index contributed by atoms with van der Waals surface area (Å²) in [4.78, 5) is 8.82. The number of methoxy groups -OCH3 is 1. The number of aromatic nitrogens is 3. The number of anilines is 1. The van der Waals surface area contributed by atoms with Crippen molar-refractivity contribution < 1.29 is 4.74 Å². The predicted octanol–water partition coefficient (Wildman–Crippen LogP) is 2.57. The van der Waals surface area contributed by atoms with Gasteiger partial charge in [-0.3, -0.25) is 4.57 Å². The number of nitrogen functional groups attached to an aromatic ring is 1. The molecule has 0 aliphatic carbocycles. The Labute approximate surface area is 123 Å². The van der Waals surface area contributed by atoms with Crippen LogP contribution in [0.2, 0.25) is 0 Å². The summed E-state index contributed by atoms with van der Waals surface area (Å²) in [5.74, 6) is 1.39. The molecule has 1 aromatic carbocycles. The van der Waals surface area contributed by atoms with Crippen molar-refractivity contribution in [2.75, 3.05) is 12.8 Å². The van der Waals surface area contributed by atoms with Gasteiger partial charge in [-0.1, -0.05) is 18.2 Å². The van der Waals surface area contributed by atoms with Crippen molar-refractivity contribution in [1.82, 2.24) is 14.5 Å². The van der Waals surface area contributed by atoms with Gasteiger partial charge in [-0.25, -0.2) is 9.97 Å². The quantitative estimate of drug-likeness (QED) is 0.798. The first-order valence-corrected chi connectivity index (χ1v) is 6.90. The number of imidazole rings is 1. The number of benzene rings is 1. The average Bonchev–Trinajstić information content (AvgIpc) is 2.83. The second-order valence-electron chi connectivity index (χ2n) is 4.98. The monoisotopic (exact) mass is 282 g/mol. The maximum absolute atomic E-state index is 6.04. The predicted molar refractivity (Wildman–Crippen MR) is 83.4 cm³/mol. The summed E-state index contributed by atoms with van der Waals surface area (Å²) >= 11 is 0. The molecular weight excluding hydrogens is 264 g/mol. The first kappa shape index (κ1) is 13.4. The summed E-state index contributed by atoms with van der Waals surface area (Å²) < 4.78 is 7.33. The first-order valence-electron chi connectivity index (χ1n) is 6.90. The number of fused-ring (bicyclic) bond motifs is 1. The molecule has 0 saturated heterocycles. The third-order valence-corrected chi connectivity index (χ3v) is 3.66. The number of nitrogens with zero attached hydrogens (tertiary/aromatic N) is 3. The van der Waals surface area contributed by atoms with E-state index < -0.39 is 0 Å². The lowest BCUT2D eigenvalue weighted by Gasteiger charge is -2.09. The molecular formula is C16H18N4O. The van der Waals surface area contributed by atoms with E-state index in [9.17, 15) is 0 Å². The standard InChI is InChI=1S/C16H18N4O/c1-11-7-9-18-15-14(11)19-16(17)20(15)10-8-12-5-3-4-6-13(12)21-2/h3-7,9H,8,10H2,1-2H3,(H2,17,19). The van der Waals surface area contributed by atoms with Crippen LogP contribution < -0.4 is 10.5 Å². The van der Waals surface area contributed by atoms with Gasteiger partial charge in [-0.2, -0.15) is 0 Å². The Morgan fingerprint density at radius 2 is 2.05 bits per heavy atom. The highest BCUT2D eigenvalue weighted by Gasteiger charge is 2.11. The van der Waals surface area contributed by atoms with E-state index in [1.165, 1.54) is 0 Å². The minimum atomic E-state index is 0.502. The van der Waals surface area contributed by atoms with E-state index in [2.05, 4.69) is 16.0 Å². The van der Waals surface area contributed by atoms with Crippen LogP contribution >= 0.6 is 0 Å². The number of rotatable bonds is 4. The van der Waals surface area contributed by atoms with Crippen molar-refractivity contribution in [3.05, 3.63) is 47.7 Å². The molecule has 3 rings (SSSR count). The Hall–Kier alpha value is -2.56. The van der Waals surface area contributed by atoms with Crippen molar-refractivity contribution in [3.63, 3.8) is 0 Å². The minimum absolute atomic E-state index is 0.502. The summed E-state index contributed by atoms with van der Waals surface area (Å²) in [5, 5.41) is 0. The average molecular weight is 282 g/mol. The van der Waals surface area contributed by atoms with Crippen molar-refractivity contribution in [3.8, 4) is 5.75 Å². The largest absolute Gasteiger partial charge is 0.496 e. The van der Waals surface area contributed by atoms with E-state index in [0.717, 1.165) is 41.0 Å². The molecule has 0 spiro atoms. The Bertz CT molecular complexity index is 779. The van der Waals surface area contributed by atoms with Gasteiger partial charge in [0.05, 0.1) is 7.11 Å². The Balaban J connectivity index is 1.92. The molecule has 0 amide bonds. The van der Waals surface area contributed by atoms with Crippen LogP contribution in [0.15, 0.2) is 36.5 Å². The molecule has 0 bridgehead atoms. The lowest BCUT2D eigenvalue weighted by atomic mass is 10.1. The van der Waals surface area contributed by atoms with Gasteiger partial charge >= 0.3 is 0 Å². The van der Waals surface area contributed by atoms with Crippen LogP contribution in [0.3, 0.4) is 0 Å². The van der Waals surface area contributed by atoms with Gasteiger partial charge < -0.3 is 10.5 Å². The van der Waals surface area contributed by atoms with E-state index in [4.69, 9.17) is 10.5 Å². The molecule has 108 valence electrons. The van der Waals surface area contributed by atoms with Gasteiger partial charge in [0.25, 0.3) is 0 Å². The molecule has 2 N–H and O–H groups in total. The van der Waals surface area contributed by atoms with Crippen LogP contribution in [-0.4, -0.2) is 21.6 Å². The lowest BCUT2D eigenvalue weighted by Crippen LogP contribution is -2.07. The van der Waals surface area contributed by atoms with Crippen LogP contribution in [-0.2, 0) is 13.0 Å². The normalized spacial score (nSPS) is 11.0. The maximum atomic E-state index is 6.04. The van der Waals surface area contributed by atoms with Crippen molar-refractivity contribution in [2.45, 2.75) is 19.9 Å². The summed E-state index contributed by atoms with van der Waals surface area (Å²) in [5.41, 5.74) is 9.98. The highest BCUT2D eigenvalue weighted by molar-refractivity contribution is 5.77. The molecule has 5 heteroatoms. The molecule has 5 nitrogen and oxygen atoms in total. The van der Waals surface area contributed by atoms with Crippen LogP contribution in [0.1, 0.15) is 11.1 Å². The first-order chi connectivity index (χ1) is 10.2. The molecule has 0 unspecified atom stereocenters. The number of nitrogens with two attached hydrogens (primary N) is 1. The number of ether oxygens (including phenoxy) is 1. The van der Waals surface area contributed by atoms with Gasteiger partial charge in [0.15, 0.2) is 5.65 Å². The third-order valence-electron chi connectivity index (χ3n) is 3.66. The summed E-state index contributed by atoms with van der Waals surface area (Å²) in [7, 11) is 1.69. The SMILES string of the molecule is COc1ccccc1CCn1c(N)nc2c(C)ccnc21. The van der Waals surface area contributed by atoms with Crippen molar-refractivity contribution >= 4 is 17.1 Å². The molecule has 0 aliphatic rings. The zero-order valence-corrected chi connectivity index (χ0v) is 12.2. The van der Waals surface area contributed by atoms with Gasteiger partial charge in [0, 0.05) is 12.7 Å². The minimum Gasteiger partial charge on any atom is -0.496 e. The second-order valence-corrected chi connectivity index (χ2v) is 4.98. The fourth-order valence-electron chi connectivity index (χ4n) is 2.52. The van der Waals surface area contributed by atoms with E-state index in [1.54, 1.807) is 13.3 Å². The van der Waals surface area contributed by atoms with Crippen LogP contribution in [0, 0.1) is 6.92 Å². The van der Waals surface area contributed by atoms with E-state index in [-0.39, 0.29) is 0 Å². The molecule has 0 saturated carbocycles. The molecule has 3 aromatic rings. The van der Waals surface area contributed by atoms with E-state index in [0.29, 0.717) is 5.95 Å². The lowest BCUT2D eigenvalue weighted by molar-refractivity contribution is 0.408. The van der Waals surface area contributed by atoms with Gasteiger partial charge in [0.2, 0.25) is 5.95 Å². The Kier molecular flexibility index (Phi) is 3.48. The van der Waals surface area contributed by atoms with E-state index >= 15 is 0 Å². The molecule has 0 aliphatic heterocycles. The molecule has 0 fully saturated rings. The topological polar surface area (TPSA) is 66.0 Å². The van der Waals surface area contributed by atoms with Crippen LogP contribution in [0.25, 0.3) is 11.2 Å². The number of hydrogen-bond acceptors (Lipinski definition) is 4. The highest BCUT2D eigenvalue weighted by Crippen LogP contribution is 2.22. The smallest absolute Gasteiger partial charge is 0.202 e. The van der Waals surface area contributed by atoms with Crippen molar-refractivity contribution in [1.29, 1.82) is 0 Å². The maximum Gasteiger partial charge on any atom is 0.202 e. The zero-order valence-electron chi connectivity index (χ0n) is 12.2. The summed E-state index contributed by atoms with van der Waals surface area (Å²) in [6, 6.07) is 9.95. The van der Waals surface area contributed by atoms with Gasteiger partial charge in [-0.15, -0.1) is 0 Å². The molecule has 2 aromatic heterocycles. The second kappa shape index (κ2) is 5.44.